The number of hydrogen-bond acceptors (Lipinski definition) is 3. The summed E-state index contributed by atoms with van der Waals surface area (Å²) < 4.78 is 5.24. The summed E-state index contributed by atoms with van der Waals surface area (Å²) in [7, 11) is 1.68. The average Bonchev–Trinajstić information content (AvgIpc) is 3.09. The van der Waals surface area contributed by atoms with E-state index in [0.29, 0.717) is 6.04 Å². The highest BCUT2D eigenvalue weighted by atomic mass is 16.5. The standard InChI is InChI=1S/C14H17N3O/c1-18-11-5-2-4-10(8-11)13-9-16-14(17-13)12-6-3-7-15-12/h2,4-5,8-9,12,15H,3,6-7H2,1H3,(H,16,17)/t12-/m1/s1. The minimum Gasteiger partial charge on any atom is -0.497 e. The van der Waals surface area contributed by atoms with Crippen molar-refractivity contribution in [2.24, 2.45) is 0 Å². The predicted octanol–water partition coefficient (Wildman–Crippen LogP) is 2.51. The number of rotatable bonds is 3. The molecule has 2 N–H and O–H groups in total. The number of ether oxygens (including phenoxy) is 1. The molecule has 0 unspecified atom stereocenters. The van der Waals surface area contributed by atoms with Crippen molar-refractivity contribution in [2.45, 2.75) is 18.9 Å². The summed E-state index contributed by atoms with van der Waals surface area (Å²) in [5, 5.41) is 3.44. The van der Waals surface area contributed by atoms with E-state index in [4.69, 9.17) is 4.74 Å². The lowest BCUT2D eigenvalue weighted by Crippen LogP contribution is -2.14. The molecule has 1 atom stereocenters. The molecule has 0 spiro atoms. The van der Waals surface area contributed by atoms with E-state index in [1.807, 2.05) is 24.4 Å². The van der Waals surface area contributed by atoms with Crippen LogP contribution >= 0.6 is 0 Å². The molecule has 2 aromatic rings. The Labute approximate surface area is 106 Å². The van der Waals surface area contributed by atoms with Crippen molar-refractivity contribution in [3.05, 3.63) is 36.3 Å². The highest BCUT2D eigenvalue weighted by Crippen LogP contribution is 2.25. The molecule has 4 nitrogen and oxygen atoms in total. The Morgan fingerprint density at radius 3 is 3.11 bits per heavy atom. The van der Waals surface area contributed by atoms with Gasteiger partial charge in [-0.2, -0.15) is 0 Å². The summed E-state index contributed by atoms with van der Waals surface area (Å²) in [6.45, 7) is 1.08. The number of nitrogens with zero attached hydrogens (tertiary/aromatic N) is 1. The molecular weight excluding hydrogens is 226 g/mol. The van der Waals surface area contributed by atoms with Gasteiger partial charge < -0.3 is 15.0 Å². The van der Waals surface area contributed by atoms with Gasteiger partial charge in [0.2, 0.25) is 0 Å². The summed E-state index contributed by atoms with van der Waals surface area (Å²) in [6.07, 6.45) is 4.27. The lowest BCUT2D eigenvalue weighted by molar-refractivity contribution is 0.415. The zero-order valence-electron chi connectivity index (χ0n) is 10.4. The first kappa shape index (κ1) is 11.3. The SMILES string of the molecule is COc1cccc(-c2cnc([C@H]3CCCN3)[nH]2)c1. The van der Waals surface area contributed by atoms with E-state index in [1.54, 1.807) is 7.11 Å². The van der Waals surface area contributed by atoms with Crippen LogP contribution in [0.15, 0.2) is 30.5 Å². The number of hydrogen-bond donors (Lipinski definition) is 2. The second kappa shape index (κ2) is 4.82. The second-order valence-corrected chi connectivity index (χ2v) is 4.56. The Morgan fingerprint density at radius 2 is 2.33 bits per heavy atom. The maximum Gasteiger partial charge on any atom is 0.123 e. The third kappa shape index (κ3) is 2.11. The van der Waals surface area contributed by atoms with Crippen LogP contribution < -0.4 is 10.1 Å². The molecule has 0 bridgehead atoms. The number of aromatic amines is 1. The molecule has 18 heavy (non-hydrogen) atoms. The Kier molecular flexibility index (Phi) is 3.02. The lowest BCUT2D eigenvalue weighted by atomic mass is 10.1. The van der Waals surface area contributed by atoms with Crippen LogP contribution in [0.2, 0.25) is 0 Å². The van der Waals surface area contributed by atoms with Crippen LogP contribution in [0.3, 0.4) is 0 Å². The summed E-state index contributed by atoms with van der Waals surface area (Å²) in [6, 6.07) is 8.38. The molecule has 1 aromatic heterocycles. The molecule has 0 radical (unpaired) electrons. The quantitative estimate of drug-likeness (QED) is 0.870. The number of imidazole rings is 1. The molecule has 1 saturated heterocycles. The topological polar surface area (TPSA) is 49.9 Å². The Morgan fingerprint density at radius 1 is 1.39 bits per heavy atom. The molecule has 3 rings (SSSR count). The van der Waals surface area contributed by atoms with Crippen molar-refractivity contribution in [1.82, 2.24) is 15.3 Å². The van der Waals surface area contributed by atoms with E-state index in [-0.39, 0.29) is 0 Å². The van der Waals surface area contributed by atoms with Crippen LogP contribution in [0.5, 0.6) is 5.75 Å². The van der Waals surface area contributed by atoms with Crippen LogP contribution in [0.4, 0.5) is 0 Å². The van der Waals surface area contributed by atoms with Gasteiger partial charge in [0.05, 0.1) is 25.0 Å². The van der Waals surface area contributed by atoms with Crippen molar-refractivity contribution in [3.63, 3.8) is 0 Å². The highest BCUT2D eigenvalue weighted by molar-refractivity contribution is 5.60. The van der Waals surface area contributed by atoms with Gasteiger partial charge in [0.25, 0.3) is 0 Å². The van der Waals surface area contributed by atoms with Crippen molar-refractivity contribution < 1.29 is 4.74 Å². The predicted molar refractivity (Wildman–Crippen MR) is 70.6 cm³/mol. The fourth-order valence-corrected chi connectivity index (χ4v) is 2.37. The van der Waals surface area contributed by atoms with E-state index in [1.165, 1.54) is 6.42 Å². The monoisotopic (exact) mass is 243 g/mol. The summed E-state index contributed by atoms with van der Waals surface area (Å²) in [5.41, 5.74) is 2.14. The zero-order valence-corrected chi connectivity index (χ0v) is 10.4. The molecular formula is C14H17N3O. The van der Waals surface area contributed by atoms with Gasteiger partial charge in [0.15, 0.2) is 0 Å². The largest absolute Gasteiger partial charge is 0.497 e. The molecule has 1 aromatic carbocycles. The number of H-pyrrole nitrogens is 1. The number of nitrogens with one attached hydrogen (secondary N) is 2. The van der Waals surface area contributed by atoms with Gasteiger partial charge >= 0.3 is 0 Å². The van der Waals surface area contributed by atoms with Crippen LogP contribution in [0, 0.1) is 0 Å². The Balaban J connectivity index is 1.87. The van der Waals surface area contributed by atoms with E-state index in [2.05, 4.69) is 21.4 Å². The number of benzene rings is 1. The number of methoxy groups -OCH3 is 1. The molecule has 1 aliphatic heterocycles. The first-order chi connectivity index (χ1) is 8.86. The molecule has 1 fully saturated rings. The molecule has 94 valence electrons. The smallest absolute Gasteiger partial charge is 0.123 e. The maximum absolute atomic E-state index is 5.24. The van der Waals surface area contributed by atoms with E-state index in [9.17, 15) is 0 Å². The second-order valence-electron chi connectivity index (χ2n) is 4.56. The third-order valence-corrected chi connectivity index (χ3v) is 3.37. The van der Waals surface area contributed by atoms with Crippen LogP contribution in [0.1, 0.15) is 24.7 Å². The van der Waals surface area contributed by atoms with Gasteiger partial charge in [-0.3, -0.25) is 0 Å². The third-order valence-electron chi connectivity index (χ3n) is 3.37. The summed E-state index contributed by atoms with van der Waals surface area (Å²) >= 11 is 0. The fourth-order valence-electron chi connectivity index (χ4n) is 2.37. The van der Waals surface area contributed by atoms with Crippen LogP contribution in [0.25, 0.3) is 11.3 Å². The summed E-state index contributed by atoms with van der Waals surface area (Å²) in [5.74, 6) is 1.90. The fraction of sp³-hybridized carbons (Fsp3) is 0.357. The van der Waals surface area contributed by atoms with Gasteiger partial charge in [0, 0.05) is 5.56 Å². The maximum atomic E-state index is 5.24. The minimum atomic E-state index is 0.379. The van der Waals surface area contributed by atoms with Crippen molar-refractivity contribution >= 4 is 0 Å². The molecule has 0 aliphatic carbocycles. The van der Waals surface area contributed by atoms with E-state index < -0.39 is 0 Å². The van der Waals surface area contributed by atoms with Gasteiger partial charge in [-0.25, -0.2) is 4.98 Å². The number of aromatic nitrogens is 2. The lowest BCUT2D eigenvalue weighted by Gasteiger charge is -2.06. The van der Waals surface area contributed by atoms with Crippen molar-refractivity contribution in [2.75, 3.05) is 13.7 Å². The van der Waals surface area contributed by atoms with Gasteiger partial charge in [-0.15, -0.1) is 0 Å². The van der Waals surface area contributed by atoms with Gasteiger partial charge in [0.1, 0.15) is 11.6 Å². The molecule has 1 aliphatic rings. The van der Waals surface area contributed by atoms with E-state index in [0.717, 1.165) is 35.8 Å². The first-order valence-corrected chi connectivity index (χ1v) is 6.29. The normalized spacial score (nSPS) is 19.1. The average molecular weight is 243 g/mol. The zero-order chi connectivity index (χ0) is 12.4. The van der Waals surface area contributed by atoms with Crippen molar-refractivity contribution in [1.29, 1.82) is 0 Å². The van der Waals surface area contributed by atoms with Gasteiger partial charge in [-0.05, 0) is 31.5 Å². The van der Waals surface area contributed by atoms with Crippen LogP contribution in [-0.4, -0.2) is 23.6 Å². The molecule has 2 heterocycles. The molecule has 4 heteroatoms. The highest BCUT2D eigenvalue weighted by Gasteiger charge is 2.19. The summed E-state index contributed by atoms with van der Waals surface area (Å²) in [4.78, 5) is 7.86. The van der Waals surface area contributed by atoms with E-state index >= 15 is 0 Å². The Bertz CT molecular complexity index is 529. The molecule has 0 amide bonds. The van der Waals surface area contributed by atoms with Crippen LogP contribution in [-0.2, 0) is 0 Å². The van der Waals surface area contributed by atoms with Crippen molar-refractivity contribution in [3.8, 4) is 17.0 Å². The Hall–Kier alpha value is -1.81. The first-order valence-electron chi connectivity index (χ1n) is 6.29. The van der Waals surface area contributed by atoms with Gasteiger partial charge in [-0.1, -0.05) is 12.1 Å². The minimum absolute atomic E-state index is 0.379. The molecule has 0 saturated carbocycles.